The minimum atomic E-state index is -1.28. The Hall–Kier alpha value is -2.84. The number of rotatable bonds is 12. The molecular formula is C30H29BrCl2N2O4. The molecule has 4 rings (SSSR count). The molecule has 0 bridgehead atoms. The van der Waals surface area contributed by atoms with Crippen LogP contribution in [-0.4, -0.2) is 42.2 Å². The normalized spacial score (nSPS) is 18.3. The summed E-state index contributed by atoms with van der Waals surface area (Å²) in [6.07, 6.45) is 2.34. The molecule has 2 atom stereocenters. The van der Waals surface area contributed by atoms with E-state index in [1.165, 1.54) is 0 Å². The predicted molar refractivity (Wildman–Crippen MR) is 159 cm³/mol. The average Bonchev–Trinajstić information content (AvgIpc) is 3.31. The van der Waals surface area contributed by atoms with Gasteiger partial charge in [0.25, 0.3) is 5.91 Å². The van der Waals surface area contributed by atoms with E-state index in [1.54, 1.807) is 18.2 Å². The molecule has 0 radical (unpaired) electrons. The number of aliphatic imine (C=N–C) groups is 1. The lowest BCUT2D eigenvalue weighted by Crippen LogP contribution is -2.48. The highest BCUT2D eigenvalue weighted by molar-refractivity contribution is 9.10. The van der Waals surface area contributed by atoms with E-state index in [9.17, 15) is 4.79 Å². The summed E-state index contributed by atoms with van der Waals surface area (Å²) in [5.41, 5.74) is 1.13. The highest BCUT2D eigenvalue weighted by atomic mass is 79.9. The Kier molecular flexibility index (Phi) is 10.1. The lowest BCUT2D eigenvalue weighted by molar-refractivity contribution is -0.128. The van der Waals surface area contributed by atoms with Crippen molar-refractivity contribution in [2.45, 2.75) is 30.9 Å². The first-order valence-electron chi connectivity index (χ1n) is 12.6. The highest BCUT2D eigenvalue weighted by Crippen LogP contribution is 2.44. The zero-order valence-corrected chi connectivity index (χ0v) is 24.3. The van der Waals surface area contributed by atoms with Gasteiger partial charge in [0.15, 0.2) is 11.6 Å². The van der Waals surface area contributed by atoms with Crippen molar-refractivity contribution in [3.05, 3.63) is 111 Å². The number of benzene rings is 3. The largest absolute Gasteiger partial charge is 0.494 e. The summed E-state index contributed by atoms with van der Waals surface area (Å²) >= 11 is 16.0. The van der Waals surface area contributed by atoms with Crippen molar-refractivity contribution in [3.8, 4) is 5.75 Å². The molecule has 204 valence electrons. The van der Waals surface area contributed by atoms with Gasteiger partial charge in [0.2, 0.25) is 5.90 Å². The third-order valence-electron chi connectivity index (χ3n) is 6.37. The van der Waals surface area contributed by atoms with Crippen LogP contribution in [0.2, 0.25) is 10.0 Å². The average molecular weight is 632 g/mol. The molecule has 0 unspecified atom stereocenters. The van der Waals surface area contributed by atoms with Crippen molar-refractivity contribution >= 4 is 50.9 Å². The van der Waals surface area contributed by atoms with Crippen molar-refractivity contribution in [1.82, 2.24) is 5.32 Å². The Balaban J connectivity index is 1.63. The summed E-state index contributed by atoms with van der Waals surface area (Å²) in [5.74, 6) is 0.756. The minimum absolute atomic E-state index is 0.0688. The molecule has 1 aliphatic rings. The molecule has 6 nitrogen and oxygen atoms in total. The monoisotopic (exact) mass is 630 g/mol. The number of amides is 1. The topological polar surface area (TPSA) is 80.2 Å². The number of aliphatic hydroxyl groups is 1. The minimum Gasteiger partial charge on any atom is -0.494 e. The summed E-state index contributed by atoms with van der Waals surface area (Å²) in [4.78, 5) is 18.8. The van der Waals surface area contributed by atoms with E-state index in [1.807, 2.05) is 54.6 Å². The summed E-state index contributed by atoms with van der Waals surface area (Å²) in [7, 11) is 0. The fourth-order valence-corrected chi connectivity index (χ4v) is 5.38. The van der Waals surface area contributed by atoms with Crippen molar-refractivity contribution in [2.24, 2.45) is 4.99 Å². The number of hydrogen-bond donors (Lipinski definition) is 2. The molecule has 3 aromatic carbocycles. The molecule has 39 heavy (non-hydrogen) atoms. The van der Waals surface area contributed by atoms with Gasteiger partial charge >= 0.3 is 0 Å². The van der Waals surface area contributed by atoms with Gasteiger partial charge in [-0.05, 0) is 54.4 Å². The number of carbonyl (C=O) groups is 1. The molecule has 0 aliphatic carbocycles. The van der Waals surface area contributed by atoms with Crippen LogP contribution in [0.3, 0.4) is 0 Å². The first kappa shape index (κ1) is 29.2. The molecule has 0 aromatic heterocycles. The van der Waals surface area contributed by atoms with Gasteiger partial charge in [0.05, 0.1) is 6.61 Å². The zero-order chi connectivity index (χ0) is 27.8. The molecule has 1 aliphatic heterocycles. The summed E-state index contributed by atoms with van der Waals surface area (Å²) in [6.45, 7) is 4.75. The molecule has 9 heteroatoms. The number of hydrogen-bond acceptors (Lipinski definition) is 5. The molecule has 0 spiro atoms. The Labute approximate surface area is 246 Å². The number of nitrogens with zero attached hydrogens (tertiary/aromatic N) is 1. The fraction of sp³-hybridized carbons (Fsp3) is 0.267. The molecule has 2 N–H and O–H groups in total. The van der Waals surface area contributed by atoms with E-state index in [0.717, 1.165) is 15.6 Å². The predicted octanol–water partition coefficient (Wildman–Crippen LogP) is 6.71. The maximum atomic E-state index is 13.9. The van der Waals surface area contributed by atoms with Gasteiger partial charge in [-0.15, -0.1) is 6.58 Å². The second-order valence-corrected chi connectivity index (χ2v) is 10.7. The van der Waals surface area contributed by atoms with Gasteiger partial charge in [0.1, 0.15) is 5.75 Å². The zero-order valence-electron chi connectivity index (χ0n) is 21.2. The number of carbonyl (C=O) groups excluding carboxylic acids is 1. The van der Waals surface area contributed by atoms with Gasteiger partial charge < -0.3 is 19.9 Å². The molecular weight excluding hydrogens is 603 g/mol. The maximum absolute atomic E-state index is 13.9. The van der Waals surface area contributed by atoms with E-state index < -0.39 is 11.6 Å². The SMILES string of the molecule is C=CC[C@@]1(C(=O)NCCc2ccc(Cl)cc2Cl)N=C(c2ccc(OCCCO)cc2)O[C@@H]1c1ccccc1Br. The molecule has 0 saturated heterocycles. The molecule has 0 saturated carbocycles. The quantitative estimate of drug-likeness (QED) is 0.172. The first-order chi connectivity index (χ1) is 18.9. The molecule has 1 amide bonds. The lowest BCUT2D eigenvalue weighted by atomic mass is 9.84. The van der Waals surface area contributed by atoms with E-state index in [0.29, 0.717) is 53.2 Å². The standard InChI is InChI=1S/C30H29BrCl2N2O4/c1-2-15-30(29(37)34-16-14-20-8-11-22(32)19-26(20)33)27(24-6-3-4-7-25(24)31)39-28(35-30)21-9-12-23(13-10-21)38-18-5-17-36/h2-4,6-13,19,27,36H,1,5,14-18H2,(H,34,37)/t27-,30-/m1/s1. The van der Waals surface area contributed by atoms with E-state index in [2.05, 4.69) is 27.8 Å². The van der Waals surface area contributed by atoms with Crippen LogP contribution >= 0.6 is 39.1 Å². The number of aliphatic hydroxyl groups excluding tert-OH is 1. The van der Waals surface area contributed by atoms with Gasteiger partial charge in [-0.2, -0.15) is 0 Å². The molecule has 0 fully saturated rings. The van der Waals surface area contributed by atoms with Gasteiger partial charge in [-0.25, -0.2) is 4.99 Å². The Bertz CT molecular complexity index is 1350. The molecule has 1 heterocycles. The summed E-state index contributed by atoms with van der Waals surface area (Å²) < 4.78 is 12.9. The van der Waals surface area contributed by atoms with Crippen molar-refractivity contribution in [3.63, 3.8) is 0 Å². The lowest BCUT2D eigenvalue weighted by Gasteiger charge is -2.30. The maximum Gasteiger partial charge on any atom is 0.252 e. The van der Waals surface area contributed by atoms with Crippen LogP contribution in [0.15, 0.2) is 88.9 Å². The number of nitrogens with one attached hydrogen (secondary N) is 1. The van der Waals surface area contributed by atoms with Crippen LogP contribution < -0.4 is 10.1 Å². The second-order valence-electron chi connectivity index (χ2n) is 9.05. The van der Waals surface area contributed by atoms with Crippen LogP contribution in [0.25, 0.3) is 0 Å². The second kappa shape index (κ2) is 13.5. The Morgan fingerprint density at radius 1 is 1.18 bits per heavy atom. The van der Waals surface area contributed by atoms with Crippen LogP contribution in [0.4, 0.5) is 0 Å². The van der Waals surface area contributed by atoms with E-state index in [4.69, 9.17) is 42.8 Å². The van der Waals surface area contributed by atoms with E-state index >= 15 is 0 Å². The van der Waals surface area contributed by atoms with Gasteiger partial charge in [-0.3, -0.25) is 4.79 Å². The van der Waals surface area contributed by atoms with Crippen LogP contribution in [0, 0.1) is 0 Å². The van der Waals surface area contributed by atoms with Crippen molar-refractivity contribution in [1.29, 1.82) is 0 Å². The van der Waals surface area contributed by atoms with Crippen molar-refractivity contribution in [2.75, 3.05) is 19.8 Å². The van der Waals surface area contributed by atoms with Gasteiger partial charge in [0, 0.05) is 51.6 Å². The fourth-order valence-electron chi connectivity index (χ4n) is 4.39. The summed E-state index contributed by atoms with van der Waals surface area (Å²) in [5, 5.41) is 13.1. The summed E-state index contributed by atoms with van der Waals surface area (Å²) in [6, 6.07) is 20.3. The highest BCUT2D eigenvalue weighted by Gasteiger charge is 2.52. The van der Waals surface area contributed by atoms with Crippen molar-refractivity contribution < 1.29 is 19.4 Å². The van der Waals surface area contributed by atoms with Crippen LogP contribution in [0.5, 0.6) is 5.75 Å². The first-order valence-corrected chi connectivity index (χ1v) is 14.1. The van der Waals surface area contributed by atoms with Crippen LogP contribution in [0.1, 0.15) is 35.6 Å². The Morgan fingerprint density at radius 3 is 2.64 bits per heavy atom. The van der Waals surface area contributed by atoms with Gasteiger partial charge in [-0.1, -0.05) is 69.5 Å². The number of halogens is 3. The van der Waals surface area contributed by atoms with E-state index in [-0.39, 0.29) is 18.9 Å². The molecule has 3 aromatic rings. The third-order valence-corrected chi connectivity index (χ3v) is 7.68. The third kappa shape index (κ3) is 6.84. The number of ether oxygens (including phenoxy) is 2. The van der Waals surface area contributed by atoms with Crippen LogP contribution in [-0.2, 0) is 16.0 Å². The Morgan fingerprint density at radius 2 is 1.95 bits per heavy atom. The smallest absolute Gasteiger partial charge is 0.252 e.